The van der Waals surface area contributed by atoms with Crippen LogP contribution in [0.3, 0.4) is 0 Å². The molecule has 4 nitrogen and oxygen atoms in total. The second kappa shape index (κ2) is 9.56. The van der Waals surface area contributed by atoms with Gasteiger partial charge in [-0.1, -0.05) is 0 Å². The van der Waals surface area contributed by atoms with Gasteiger partial charge in [-0.25, -0.2) is 0 Å². The lowest BCUT2D eigenvalue weighted by Gasteiger charge is -2.15. The summed E-state index contributed by atoms with van der Waals surface area (Å²) in [4.78, 5) is 15.5. The Kier molecular flexibility index (Phi) is 8.10. The molecule has 1 aromatic heterocycles. The van der Waals surface area contributed by atoms with Gasteiger partial charge in [-0.2, -0.15) is 8.78 Å². The fraction of sp³-hybridized carbons (Fsp3) is 0.312. The number of thiophene rings is 1. The molecule has 0 saturated heterocycles. The monoisotopic (exact) mass is 376 g/mol. The highest BCUT2D eigenvalue weighted by atomic mass is 35.5. The number of hydrogen-bond donors (Lipinski definition) is 1. The van der Waals surface area contributed by atoms with Crippen molar-refractivity contribution in [2.75, 3.05) is 27.2 Å². The Labute approximate surface area is 149 Å². The Balaban J connectivity index is 0.00000288. The normalized spacial score (nSPS) is 10.4. The average molecular weight is 377 g/mol. The smallest absolute Gasteiger partial charge is 0.387 e. The molecule has 1 N–H and O–H groups in total. The molecule has 0 atom stereocenters. The number of benzene rings is 1. The average Bonchev–Trinajstić information content (AvgIpc) is 3.02. The topological polar surface area (TPSA) is 41.6 Å². The molecule has 0 aliphatic heterocycles. The van der Waals surface area contributed by atoms with Crippen molar-refractivity contribution in [2.45, 2.75) is 6.61 Å². The second-order valence-electron chi connectivity index (χ2n) is 4.90. The summed E-state index contributed by atoms with van der Waals surface area (Å²) in [7, 11) is 3.60. The van der Waals surface area contributed by atoms with Crippen molar-refractivity contribution in [3.63, 3.8) is 0 Å². The van der Waals surface area contributed by atoms with E-state index >= 15 is 0 Å². The van der Waals surface area contributed by atoms with Crippen molar-refractivity contribution < 1.29 is 18.3 Å². The Morgan fingerprint density at radius 1 is 1.25 bits per heavy atom. The fourth-order valence-electron chi connectivity index (χ4n) is 1.98. The van der Waals surface area contributed by atoms with Gasteiger partial charge in [-0.3, -0.25) is 4.79 Å². The molecule has 0 spiro atoms. The highest BCUT2D eigenvalue weighted by Gasteiger charge is 2.14. The van der Waals surface area contributed by atoms with E-state index in [1.165, 1.54) is 23.5 Å². The number of carbonyl (C=O) groups is 1. The third-order valence-electron chi connectivity index (χ3n) is 3.22. The third kappa shape index (κ3) is 5.43. The van der Waals surface area contributed by atoms with Gasteiger partial charge in [-0.05, 0) is 49.0 Å². The molecule has 1 amide bonds. The molecule has 0 fully saturated rings. The fourth-order valence-corrected chi connectivity index (χ4v) is 2.98. The van der Waals surface area contributed by atoms with Gasteiger partial charge >= 0.3 is 6.61 Å². The maximum absolute atomic E-state index is 12.3. The largest absolute Gasteiger partial charge is 0.435 e. The van der Waals surface area contributed by atoms with Crippen molar-refractivity contribution in [1.82, 2.24) is 10.2 Å². The summed E-state index contributed by atoms with van der Waals surface area (Å²) >= 11 is 1.38. The molecular formula is C16H19ClF2N2O2S. The van der Waals surface area contributed by atoms with Gasteiger partial charge < -0.3 is 15.0 Å². The van der Waals surface area contributed by atoms with E-state index in [0.29, 0.717) is 11.4 Å². The van der Waals surface area contributed by atoms with Crippen LogP contribution in [0.5, 0.6) is 5.75 Å². The summed E-state index contributed by atoms with van der Waals surface area (Å²) in [5.41, 5.74) is 0.855. The zero-order chi connectivity index (χ0) is 16.8. The molecule has 1 heterocycles. The van der Waals surface area contributed by atoms with Crippen molar-refractivity contribution in [1.29, 1.82) is 0 Å². The first-order chi connectivity index (χ1) is 11.0. The summed E-state index contributed by atoms with van der Waals surface area (Å²) in [6.07, 6.45) is 0. The van der Waals surface area contributed by atoms with Crippen LogP contribution in [0, 0.1) is 0 Å². The zero-order valence-corrected chi connectivity index (χ0v) is 14.9. The van der Waals surface area contributed by atoms with Crippen LogP contribution < -0.4 is 10.1 Å². The number of hydrogen-bond acceptors (Lipinski definition) is 4. The summed E-state index contributed by atoms with van der Waals surface area (Å²) in [6.45, 7) is -1.48. The van der Waals surface area contributed by atoms with Gasteiger partial charge in [0, 0.05) is 25.0 Å². The SMILES string of the molecule is CNCCN(C)C(=O)c1ccc(-c2ccc(OC(F)F)cc2)s1.Cl. The van der Waals surface area contributed by atoms with E-state index in [4.69, 9.17) is 0 Å². The molecule has 2 aromatic rings. The van der Waals surface area contributed by atoms with Gasteiger partial charge in [0.15, 0.2) is 0 Å². The molecule has 0 bridgehead atoms. The van der Waals surface area contributed by atoms with E-state index in [1.54, 1.807) is 30.1 Å². The Morgan fingerprint density at radius 3 is 2.50 bits per heavy atom. The van der Waals surface area contributed by atoms with Crippen molar-refractivity contribution in [3.8, 4) is 16.2 Å². The first-order valence-corrected chi connectivity index (χ1v) is 7.88. The van der Waals surface area contributed by atoms with Gasteiger partial charge in [0.2, 0.25) is 0 Å². The minimum absolute atomic E-state index is 0. The lowest BCUT2D eigenvalue weighted by Crippen LogP contribution is -2.32. The predicted molar refractivity (Wildman–Crippen MR) is 94.5 cm³/mol. The van der Waals surface area contributed by atoms with Crippen LogP contribution in [0.2, 0.25) is 0 Å². The molecule has 0 aliphatic rings. The number of rotatable bonds is 7. The first-order valence-electron chi connectivity index (χ1n) is 7.06. The number of alkyl halides is 2. The van der Waals surface area contributed by atoms with Crippen LogP contribution in [-0.2, 0) is 0 Å². The van der Waals surface area contributed by atoms with Crippen LogP contribution in [0.1, 0.15) is 9.67 Å². The summed E-state index contributed by atoms with van der Waals surface area (Å²) < 4.78 is 28.6. The quantitative estimate of drug-likeness (QED) is 0.800. The first kappa shape index (κ1) is 20.3. The number of ether oxygens (including phenoxy) is 1. The highest BCUT2D eigenvalue weighted by molar-refractivity contribution is 7.17. The standard InChI is InChI=1S/C16H18F2N2O2S.ClH/c1-19-9-10-20(2)15(21)14-8-7-13(23-14)11-3-5-12(6-4-11)22-16(17)18;/h3-8,16,19H,9-10H2,1-2H3;1H. The maximum Gasteiger partial charge on any atom is 0.387 e. The van der Waals surface area contributed by atoms with Crippen molar-refractivity contribution >= 4 is 29.7 Å². The van der Waals surface area contributed by atoms with E-state index in [2.05, 4.69) is 10.1 Å². The number of halogens is 3. The lowest BCUT2D eigenvalue weighted by molar-refractivity contribution is -0.0498. The Hall–Kier alpha value is -1.70. The summed E-state index contributed by atoms with van der Waals surface area (Å²) in [5.74, 6) is 0.0811. The predicted octanol–water partition coefficient (Wildman–Crippen LogP) is 3.73. The van der Waals surface area contributed by atoms with Crippen LogP contribution >= 0.6 is 23.7 Å². The molecule has 0 unspecified atom stereocenters. The molecule has 24 heavy (non-hydrogen) atoms. The molecule has 0 radical (unpaired) electrons. The van der Waals surface area contributed by atoms with Gasteiger partial charge in [0.1, 0.15) is 5.75 Å². The molecule has 0 aliphatic carbocycles. The highest BCUT2D eigenvalue weighted by Crippen LogP contribution is 2.30. The third-order valence-corrected chi connectivity index (χ3v) is 4.35. The Bertz CT molecular complexity index is 650. The number of nitrogens with one attached hydrogen (secondary N) is 1. The molecule has 2 rings (SSSR count). The number of nitrogens with zero attached hydrogens (tertiary/aromatic N) is 1. The van der Waals surface area contributed by atoms with E-state index in [1.807, 2.05) is 13.1 Å². The van der Waals surface area contributed by atoms with E-state index in [0.717, 1.165) is 17.0 Å². The lowest BCUT2D eigenvalue weighted by atomic mass is 10.2. The Morgan fingerprint density at radius 2 is 1.92 bits per heavy atom. The molecule has 1 aromatic carbocycles. The molecular weight excluding hydrogens is 358 g/mol. The van der Waals surface area contributed by atoms with Crippen LogP contribution in [0.25, 0.3) is 10.4 Å². The minimum Gasteiger partial charge on any atom is -0.435 e. The van der Waals surface area contributed by atoms with Gasteiger partial charge in [0.25, 0.3) is 5.91 Å². The van der Waals surface area contributed by atoms with Crippen LogP contribution in [0.15, 0.2) is 36.4 Å². The molecule has 132 valence electrons. The van der Waals surface area contributed by atoms with Crippen molar-refractivity contribution in [2.24, 2.45) is 0 Å². The van der Waals surface area contributed by atoms with Gasteiger partial charge in [-0.15, -0.1) is 23.7 Å². The summed E-state index contributed by atoms with van der Waals surface area (Å²) in [6, 6.07) is 10.0. The van der Waals surface area contributed by atoms with Crippen LogP contribution in [0.4, 0.5) is 8.78 Å². The maximum atomic E-state index is 12.3. The van der Waals surface area contributed by atoms with E-state index < -0.39 is 6.61 Å². The van der Waals surface area contributed by atoms with Crippen molar-refractivity contribution in [3.05, 3.63) is 41.3 Å². The zero-order valence-electron chi connectivity index (χ0n) is 13.3. The molecule has 0 saturated carbocycles. The number of carbonyl (C=O) groups excluding carboxylic acids is 1. The van der Waals surface area contributed by atoms with E-state index in [-0.39, 0.29) is 24.1 Å². The second-order valence-corrected chi connectivity index (χ2v) is 5.98. The number of likely N-dealkylation sites (N-methyl/N-ethyl adjacent to an activating group) is 2. The van der Waals surface area contributed by atoms with Crippen LogP contribution in [-0.4, -0.2) is 44.6 Å². The van der Waals surface area contributed by atoms with E-state index in [9.17, 15) is 13.6 Å². The van der Waals surface area contributed by atoms with Gasteiger partial charge in [0.05, 0.1) is 4.88 Å². The minimum atomic E-state index is -2.83. The number of amides is 1. The summed E-state index contributed by atoms with van der Waals surface area (Å²) in [5, 5.41) is 3.00. The molecule has 8 heteroatoms.